The summed E-state index contributed by atoms with van der Waals surface area (Å²) in [5, 5.41) is 7.94. The Bertz CT molecular complexity index is 1900. The second-order valence-electron chi connectivity index (χ2n) is 8.82. The third-order valence-corrected chi connectivity index (χ3v) is 7.79. The van der Waals surface area contributed by atoms with Crippen LogP contribution in [0, 0.1) is 6.92 Å². The largest absolute Gasteiger partial charge is 0.475 e. The highest BCUT2D eigenvalue weighted by molar-refractivity contribution is 7.89. The van der Waals surface area contributed by atoms with Crippen molar-refractivity contribution in [3.63, 3.8) is 0 Å². The van der Waals surface area contributed by atoms with Gasteiger partial charge >= 0.3 is 0 Å². The number of benzene rings is 3. The number of fused-ring (bicyclic) bond motifs is 3. The molecule has 5 aromatic rings. The highest BCUT2D eigenvalue weighted by Crippen LogP contribution is 2.32. The lowest BCUT2D eigenvalue weighted by atomic mass is 10.1. The average molecular weight is 567 g/mol. The zero-order chi connectivity index (χ0) is 27.9. The third kappa shape index (κ3) is 5.11. The van der Waals surface area contributed by atoms with Crippen LogP contribution in [0.3, 0.4) is 0 Å². The first-order chi connectivity index (χ1) is 18.5. The molecule has 0 saturated heterocycles. The summed E-state index contributed by atoms with van der Waals surface area (Å²) in [5.41, 5.74) is 1.53. The number of nitrogens with one attached hydrogen (secondary N) is 2. The maximum Gasteiger partial charge on any atom is 0.268 e. The number of hydrogen-bond acceptors (Lipinski definition) is 7. The average Bonchev–Trinajstić information content (AvgIpc) is 3.25. The van der Waals surface area contributed by atoms with Crippen molar-refractivity contribution in [2.45, 2.75) is 31.9 Å². The number of anilines is 1. The van der Waals surface area contributed by atoms with E-state index in [2.05, 4.69) is 15.2 Å². The number of aryl methyl sites for hydroxylation is 1. The van der Waals surface area contributed by atoms with E-state index in [1.165, 1.54) is 35.8 Å². The number of carbonyl (C=O) groups is 1. The Labute approximate surface area is 228 Å². The van der Waals surface area contributed by atoms with Crippen LogP contribution in [0.2, 0.25) is 5.02 Å². The van der Waals surface area contributed by atoms with Crippen molar-refractivity contribution in [2.24, 2.45) is 0 Å². The van der Waals surface area contributed by atoms with Crippen LogP contribution in [-0.4, -0.2) is 30.3 Å². The van der Waals surface area contributed by atoms with Gasteiger partial charge in [-0.2, -0.15) is 4.72 Å². The topological polar surface area (TPSA) is 133 Å². The van der Waals surface area contributed by atoms with Crippen molar-refractivity contribution in [2.75, 3.05) is 5.32 Å². The van der Waals surface area contributed by atoms with E-state index in [0.29, 0.717) is 49.7 Å². The number of rotatable bonds is 7. The normalized spacial score (nSPS) is 12.5. The predicted molar refractivity (Wildman–Crippen MR) is 148 cm³/mol. The summed E-state index contributed by atoms with van der Waals surface area (Å²) in [6, 6.07) is 17.7. The fraction of sp³-hybridized carbons (Fsp3) is 0.148. The van der Waals surface area contributed by atoms with Gasteiger partial charge in [0.1, 0.15) is 22.4 Å². The molecule has 2 aromatic heterocycles. The Morgan fingerprint density at radius 2 is 1.79 bits per heavy atom. The minimum Gasteiger partial charge on any atom is -0.475 e. The maximum absolute atomic E-state index is 13.6. The lowest BCUT2D eigenvalue weighted by Gasteiger charge is -2.18. The highest BCUT2D eigenvalue weighted by atomic mass is 35.5. The fourth-order valence-electron chi connectivity index (χ4n) is 4.34. The first-order valence-electron chi connectivity index (χ1n) is 11.8. The van der Waals surface area contributed by atoms with E-state index in [1.54, 1.807) is 56.3 Å². The molecule has 12 heteroatoms. The standard InChI is InChI=1S/C27H23ClN4O6S/c1-15-24-26(30-38-15)25-22(28)8-5-9-23(25)32(27(24)34)19-6-4-7-20(14-19)37-17(3)31-39(35,36)21-12-10-18(11-13-21)29-16(2)33/h4-14,17,31H,1-3H3,(H,29,33). The van der Waals surface area contributed by atoms with E-state index in [9.17, 15) is 18.0 Å². The molecule has 0 radical (unpaired) electrons. The van der Waals surface area contributed by atoms with Gasteiger partial charge in [0.15, 0.2) is 6.23 Å². The van der Waals surface area contributed by atoms with Crippen molar-refractivity contribution in [1.82, 2.24) is 14.4 Å². The molecule has 0 saturated carbocycles. The predicted octanol–water partition coefficient (Wildman–Crippen LogP) is 4.76. The quantitative estimate of drug-likeness (QED) is 0.271. The van der Waals surface area contributed by atoms with Crippen LogP contribution in [0.15, 0.2) is 80.9 Å². The number of aromatic nitrogens is 2. The van der Waals surface area contributed by atoms with Gasteiger partial charge in [-0.25, -0.2) is 8.42 Å². The summed E-state index contributed by atoms with van der Waals surface area (Å²) < 4.78 is 40.8. The second kappa shape index (κ2) is 10.2. The van der Waals surface area contributed by atoms with Gasteiger partial charge in [0, 0.05) is 24.1 Å². The van der Waals surface area contributed by atoms with Crippen LogP contribution in [0.25, 0.3) is 27.5 Å². The molecule has 0 aliphatic rings. The van der Waals surface area contributed by atoms with Crippen molar-refractivity contribution in [3.8, 4) is 11.4 Å². The monoisotopic (exact) mass is 566 g/mol. The maximum atomic E-state index is 13.6. The van der Waals surface area contributed by atoms with Crippen LogP contribution in [0.4, 0.5) is 5.69 Å². The zero-order valence-electron chi connectivity index (χ0n) is 21.1. The van der Waals surface area contributed by atoms with Crippen molar-refractivity contribution < 1.29 is 22.5 Å². The summed E-state index contributed by atoms with van der Waals surface area (Å²) >= 11 is 6.49. The van der Waals surface area contributed by atoms with Gasteiger partial charge in [-0.15, -0.1) is 0 Å². The van der Waals surface area contributed by atoms with Crippen LogP contribution in [0.5, 0.6) is 5.75 Å². The van der Waals surface area contributed by atoms with Crippen LogP contribution in [-0.2, 0) is 14.8 Å². The Morgan fingerprint density at radius 1 is 1.08 bits per heavy atom. The van der Waals surface area contributed by atoms with Crippen molar-refractivity contribution >= 4 is 55.0 Å². The zero-order valence-corrected chi connectivity index (χ0v) is 22.6. The highest BCUT2D eigenvalue weighted by Gasteiger charge is 2.21. The number of halogens is 1. The van der Waals surface area contributed by atoms with Crippen LogP contribution in [0.1, 0.15) is 19.6 Å². The van der Waals surface area contributed by atoms with Crippen molar-refractivity contribution in [3.05, 3.63) is 87.9 Å². The summed E-state index contributed by atoms with van der Waals surface area (Å²) in [6.07, 6.45) is -0.953. The Hall–Kier alpha value is -4.19. The number of amides is 1. The minimum atomic E-state index is -3.93. The molecule has 0 spiro atoms. The molecule has 200 valence electrons. The molecule has 0 fully saturated rings. The molecule has 1 amide bonds. The summed E-state index contributed by atoms with van der Waals surface area (Å²) in [7, 11) is -3.93. The van der Waals surface area contributed by atoms with E-state index in [4.69, 9.17) is 20.9 Å². The van der Waals surface area contributed by atoms with Gasteiger partial charge in [-0.05, 0) is 62.4 Å². The molecule has 2 N–H and O–H groups in total. The molecule has 3 aromatic carbocycles. The molecule has 0 aliphatic heterocycles. The second-order valence-corrected chi connectivity index (χ2v) is 10.9. The number of nitrogens with zero attached hydrogens (tertiary/aromatic N) is 2. The minimum absolute atomic E-state index is 0.00750. The number of carbonyl (C=O) groups excluding carboxylic acids is 1. The first-order valence-corrected chi connectivity index (χ1v) is 13.7. The molecule has 0 aliphatic carbocycles. The van der Waals surface area contributed by atoms with E-state index in [-0.39, 0.29) is 16.4 Å². The molecule has 39 heavy (non-hydrogen) atoms. The lowest BCUT2D eigenvalue weighted by molar-refractivity contribution is -0.114. The Morgan fingerprint density at radius 3 is 2.51 bits per heavy atom. The first kappa shape index (κ1) is 26.4. The Kier molecular flexibility index (Phi) is 6.89. The third-order valence-electron chi connectivity index (χ3n) is 5.94. The van der Waals surface area contributed by atoms with Gasteiger partial charge in [-0.3, -0.25) is 14.2 Å². The smallest absolute Gasteiger partial charge is 0.268 e. The molecule has 1 unspecified atom stereocenters. The summed E-state index contributed by atoms with van der Waals surface area (Å²) in [6.45, 7) is 4.57. The van der Waals surface area contributed by atoms with Crippen LogP contribution >= 0.6 is 11.6 Å². The van der Waals surface area contributed by atoms with E-state index in [1.807, 2.05) is 0 Å². The number of pyridine rings is 1. The molecule has 10 nitrogen and oxygen atoms in total. The van der Waals surface area contributed by atoms with Gasteiger partial charge in [-0.1, -0.05) is 28.9 Å². The van der Waals surface area contributed by atoms with Gasteiger partial charge < -0.3 is 14.6 Å². The van der Waals surface area contributed by atoms with E-state index >= 15 is 0 Å². The van der Waals surface area contributed by atoms with Crippen molar-refractivity contribution in [1.29, 1.82) is 0 Å². The van der Waals surface area contributed by atoms with Crippen LogP contribution < -0.4 is 20.3 Å². The summed E-state index contributed by atoms with van der Waals surface area (Å²) in [5.74, 6) is 0.432. The van der Waals surface area contributed by atoms with Gasteiger partial charge in [0.2, 0.25) is 15.9 Å². The van der Waals surface area contributed by atoms with E-state index < -0.39 is 16.3 Å². The SMILES string of the molecule is CC(=O)Nc1ccc(S(=O)(=O)NC(C)Oc2cccc(-n3c(=O)c4c(C)onc4c4c(Cl)cccc43)c2)cc1. The molecular formula is C27H23ClN4O6S. The fourth-order valence-corrected chi connectivity index (χ4v) is 5.71. The Balaban J connectivity index is 1.45. The molecular weight excluding hydrogens is 544 g/mol. The molecule has 1 atom stereocenters. The lowest BCUT2D eigenvalue weighted by Crippen LogP contribution is -2.36. The number of ether oxygens (including phenoxy) is 1. The summed E-state index contributed by atoms with van der Waals surface area (Å²) in [4.78, 5) is 24.8. The van der Waals surface area contributed by atoms with Gasteiger partial charge in [0.05, 0.1) is 21.1 Å². The number of sulfonamides is 1. The van der Waals surface area contributed by atoms with E-state index in [0.717, 1.165) is 0 Å². The number of hydrogen-bond donors (Lipinski definition) is 2. The molecule has 0 bridgehead atoms. The molecule has 2 heterocycles. The molecule has 5 rings (SSSR count). The van der Waals surface area contributed by atoms with Gasteiger partial charge in [0.25, 0.3) is 5.56 Å².